The molecule has 164 valence electrons. The Kier molecular flexibility index (Phi) is 6.45. The standard InChI is InChI=1S/C17H24N6O7/c1-22(2)14-12-15(19-6-18-14)23(7-20-12)17-13(28)11(9(5-24)30-17)21-16(29)8(25)3-4-10(26)27/h6-9,11,13,17,24-25,28H,3-5H2,1-2H3,(H,21,29)(H,26,27)/t8-,9+,11+,13+,17+/m0/s1. The van der Waals surface area contributed by atoms with Crippen LogP contribution in [0.3, 0.4) is 0 Å². The van der Waals surface area contributed by atoms with Gasteiger partial charge in [-0.25, -0.2) is 15.0 Å². The summed E-state index contributed by atoms with van der Waals surface area (Å²) in [6.07, 6.45) is -2.76. The van der Waals surface area contributed by atoms with Crippen LogP contribution in [0.2, 0.25) is 0 Å². The lowest BCUT2D eigenvalue weighted by Crippen LogP contribution is -2.51. The number of carboxylic acid groups (broad SMARTS) is 1. The van der Waals surface area contributed by atoms with Gasteiger partial charge in [-0.2, -0.15) is 0 Å². The normalized spacial score (nSPS) is 24.7. The SMILES string of the molecule is CN(C)c1ncnc2c1ncn2[C@@H]1O[C@H](CO)[C@@H](NC(=O)[C@@H](O)CCC(=O)O)[C@H]1O. The van der Waals surface area contributed by atoms with Crippen molar-refractivity contribution in [3.8, 4) is 0 Å². The van der Waals surface area contributed by atoms with Crippen molar-refractivity contribution in [1.29, 1.82) is 0 Å². The van der Waals surface area contributed by atoms with Gasteiger partial charge < -0.3 is 35.4 Å². The number of hydrogen-bond donors (Lipinski definition) is 5. The van der Waals surface area contributed by atoms with Crippen molar-refractivity contribution in [3.63, 3.8) is 0 Å². The molecule has 1 saturated heterocycles. The molecule has 1 fully saturated rings. The highest BCUT2D eigenvalue weighted by Crippen LogP contribution is 2.32. The number of aromatic nitrogens is 4. The minimum Gasteiger partial charge on any atom is -0.481 e. The summed E-state index contributed by atoms with van der Waals surface area (Å²) in [4.78, 5) is 37.2. The summed E-state index contributed by atoms with van der Waals surface area (Å²) in [5.41, 5.74) is 0.873. The number of hydrogen-bond acceptors (Lipinski definition) is 10. The number of ether oxygens (including phenoxy) is 1. The van der Waals surface area contributed by atoms with Gasteiger partial charge in [0.25, 0.3) is 0 Å². The maximum absolute atomic E-state index is 12.2. The molecule has 0 radical (unpaired) electrons. The van der Waals surface area contributed by atoms with Crippen LogP contribution in [0.25, 0.3) is 11.2 Å². The van der Waals surface area contributed by atoms with Crippen molar-refractivity contribution in [2.24, 2.45) is 0 Å². The Morgan fingerprint density at radius 1 is 1.33 bits per heavy atom. The Labute approximate surface area is 170 Å². The van der Waals surface area contributed by atoms with Gasteiger partial charge in [0.2, 0.25) is 5.91 Å². The number of nitrogens with one attached hydrogen (secondary N) is 1. The van der Waals surface area contributed by atoms with Gasteiger partial charge in [-0.1, -0.05) is 0 Å². The molecule has 1 aliphatic rings. The van der Waals surface area contributed by atoms with Gasteiger partial charge >= 0.3 is 5.97 Å². The minimum atomic E-state index is -1.57. The van der Waals surface area contributed by atoms with Gasteiger partial charge in [0.1, 0.15) is 24.6 Å². The van der Waals surface area contributed by atoms with E-state index in [0.717, 1.165) is 0 Å². The maximum Gasteiger partial charge on any atom is 0.303 e. The average molecular weight is 424 g/mol. The summed E-state index contributed by atoms with van der Waals surface area (Å²) >= 11 is 0. The molecule has 3 heterocycles. The Morgan fingerprint density at radius 2 is 2.07 bits per heavy atom. The molecule has 0 saturated carbocycles. The van der Waals surface area contributed by atoms with Crippen molar-refractivity contribution >= 4 is 28.9 Å². The first-order valence-electron chi connectivity index (χ1n) is 9.24. The number of carbonyl (C=O) groups excluding carboxylic acids is 1. The third kappa shape index (κ3) is 4.18. The number of fused-ring (bicyclic) bond motifs is 1. The lowest BCUT2D eigenvalue weighted by molar-refractivity contribution is -0.138. The largest absolute Gasteiger partial charge is 0.481 e. The highest BCUT2D eigenvalue weighted by Gasteiger charge is 2.46. The van der Waals surface area contributed by atoms with Crippen molar-refractivity contribution in [3.05, 3.63) is 12.7 Å². The highest BCUT2D eigenvalue weighted by molar-refractivity contribution is 5.83. The number of imidazole rings is 1. The summed E-state index contributed by atoms with van der Waals surface area (Å²) in [5.74, 6) is -1.45. The van der Waals surface area contributed by atoms with Crippen molar-refractivity contribution in [1.82, 2.24) is 24.8 Å². The molecule has 13 heteroatoms. The number of carbonyl (C=O) groups is 2. The molecule has 2 aromatic heterocycles. The van der Waals surface area contributed by atoms with Crippen LogP contribution in [-0.4, -0.2) is 96.9 Å². The van der Waals surface area contributed by atoms with Crippen molar-refractivity contribution < 1.29 is 34.8 Å². The second kappa shape index (κ2) is 8.87. The van der Waals surface area contributed by atoms with E-state index in [9.17, 15) is 24.9 Å². The third-order valence-electron chi connectivity index (χ3n) is 4.84. The Morgan fingerprint density at radius 3 is 2.70 bits per heavy atom. The van der Waals surface area contributed by atoms with Crippen LogP contribution in [-0.2, 0) is 14.3 Å². The fourth-order valence-electron chi connectivity index (χ4n) is 3.31. The van der Waals surface area contributed by atoms with E-state index in [0.29, 0.717) is 17.0 Å². The van der Waals surface area contributed by atoms with Gasteiger partial charge in [-0.15, -0.1) is 0 Å². The predicted octanol–water partition coefficient (Wildman–Crippen LogP) is -2.15. The minimum absolute atomic E-state index is 0.283. The fourth-order valence-corrected chi connectivity index (χ4v) is 3.31. The van der Waals surface area contributed by atoms with E-state index in [1.165, 1.54) is 17.2 Å². The maximum atomic E-state index is 12.2. The first-order valence-corrected chi connectivity index (χ1v) is 9.24. The smallest absolute Gasteiger partial charge is 0.303 e. The van der Waals surface area contributed by atoms with Gasteiger partial charge in [0, 0.05) is 20.5 Å². The quantitative estimate of drug-likeness (QED) is 0.311. The highest BCUT2D eigenvalue weighted by atomic mass is 16.5. The molecule has 1 aliphatic heterocycles. The summed E-state index contributed by atoms with van der Waals surface area (Å²) in [6.45, 7) is -0.506. The molecule has 0 aromatic carbocycles. The van der Waals surface area contributed by atoms with E-state index in [2.05, 4.69) is 20.3 Å². The average Bonchev–Trinajstić information content (AvgIpc) is 3.27. The van der Waals surface area contributed by atoms with Crippen LogP contribution in [0.1, 0.15) is 19.1 Å². The van der Waals surface area contributed by atoms with E-state index >= 15 is 0 Å². The Bertz CT molecular complexity index is 919. The molecule has 1 amide bonds. The topological polar surface area (TPSA) is 183 Å². The van der Waals surface area contributed by atoms with Crippen molar-refractivity contribution in [2.45, 2.75) is 43.4 Å². The molecule has 0 bridgehead atoms. The molecule has 5 atom stereocenters. The molecule has 5 N–H and O–H groups in total. The monoisotopic (exact) mass is 424 g/mol. The molecular formula is C17H24N6O7. The van der Waals surface area contributed by atoms with Crippen molar-refractivity contribution in [2.75, 3.05) is 25.6 Å². The number of carboxylic acids is 1. The number of aliphatic carboxylic acids is 1. The van der Waals surface area contributed by atoms with Crippen LogP contribution in [0.4, 0.5) is 5.82 Å². The molecule has 13 nitrogen and oxygen atoms in total. The summed E-state index contributed by atoms with van der Waals surface area (Å²) in [7, 11) is 3.59. The molecule has 30 heavy (non-hydrogen) atoms. The predicted molar refractivity (Wildman–Crippen MR) is 101 cm³/mol. The van der Waals surface area contributed by atoms with Gasteiger partial charge in [0.05, 0.1) is 19.0 Å². The number of nitrogens with zero attached hydrogens (tertiary/aromatic N) is 5. The fraction of sp³-hybridized carbons (Fsp3) is 0.588. The molecule has 3 rings (SSSR count). The molecule has 0 aliphatic carbocycles. The lowest BCUT2D eigenvalue weighted by Gasteiger charge is -2.22. The van der Waals surface area contributed by atoms with E-state index in [1.54, 1.807) is 19.0 Å². The zero-order valence-corrected chi connectivity index (χ0v) is 16.4. The number of aliphatic hydroxyl groups excluding tert-OH is 3. The van der Waals surface area contributed by atoms with Gasteiger partial charge in [-0.05, 0) is 6.42 Å². The van der Waals surface area contributed by atoms with Crippen LogP contribution >= 0.6 is 0 Å². The Hall–Kier alpha value is -2.87. The summed E-state index contributed by atoms with van der Waals surface area (Å²) < 4.78 is 7.20. The van der Waals surface area contributed by atoms with E-state index in [1.807, 2.05) is 0 Å². The van der Waals surface area contributed by atoms with Gasteiger partial charge in [0.15, 0.2) is 23.2 Å². The first kappa shape index (κ1) is 21.8. The zero-order chi connectivity index (χ0) is 22.0. The molecular weight excluding hydrogens is 400 g/mol. The number of rotatable bonds is 8. The van der Waals surface area contributed by atoms with Crippen LogP contribution in [0.5, 0.6) is 0 Å². The van der Waals surface area contributed by atoms with Crippen LogP contribution < -0.4 is 10.2 Å². The third-order valence-corrected chi connectivity index (χ3v) is 4.84. The molecule has 0 unspecified atom stereocenters. The Balaban J connectivity index is 1.81. The second-order valence-electron chi connectivity index (χ2n) is 7.14. The number of amides is 1. The zero-order valence-electron chi connectivity index (χ0n) is 16.4. The lowest BCUT2D eigenvalue weighted by atomic mass is 10.1. The first-order chi connectivity index (χ1) is 14.2. The van der Waals surface area contributed by atoms with Gasteiger partial charge in [-0.3, -0.25) is 14.2 Å². The van der Waals surface area contributed by atoms with Crippen LogP contribution in [0.15, 0.2) is 12.7 Å². The summed E-state index contributed by atoms with van der Waals surface area (Å²) in [6, 6.07) is -1.04. The second-order valence-corrected chi connectivity index (χ2v) is 7.14. The molecule has 2 aromatic rings. The van der Waals surface area contributed by atoms with E-state index in [4.69, 9.17) is 9.84 Å². The molecule has 0 spiro atoms. The summed E-state index contributed by atoms with van der Waals surface area (Å²) in [5, 5.41) is 41.4. The van der Waals surface area contributed by atoms with E-state index < -0.39 is 49.1 Å². The number of anilines is 1. The number of aliphatic hydroxyl groups is 3. The van der Waals surface area contributed by atoms with Crippen LogP contribution in [0, 0.1) is 0 Å². The van der Waals surface area contributed by atoms with E-state index in [-0.39, 0.29) is 12.8 Å².